The van der Waals surface area contributed by atoms with E-state index >= 15 is 0 Å². The van der Waals surface area contributed by atoms with Crippen LogP contribution in [0.25, 0.3) is 0 Å². The summed E-state index contributed by atoms with van der Waals surface area (Å²) < 4.78 is 5.50. The second-order valence-corrected chi connectivity index (χ2v) is 5.14. The Balaban J connectivity index is 1.95. The molecule has 1 atom stereocenters. The summed E-state index contributed by atoms with van der Waals surface area (Å²) in [5.74, 6) is 0. The van der Waals surface area contributed by atoms with Gasteiger partial charge in [-0.15, -0.1) is 11.3 Å². The third-order valence-corrected chi connectivity index (χ3v) is 3.68. The Bertz CT molecular complexity index is 485. The van der Waals surface area contributed by atoms with Crippen LogP contribution in [0.3, 0.4) is 0 Å². The molecule has 3 nitrogen and oxygen atoms in total. The van der Waals surface area contributed by atoms with E-state index in [9.17, 15) is 0 Å². The summed E-state index contributed by atoms with van der Waals surface area (Å²) in [5.41, 5.74) is 5.52. The van der Waals surface area contributed by atoms with Gasteiger partial charge in [0, 0.05) is 24.6 Å². The third-order valence-electron chi connectivity index (χ3n) is 3.07. The molecule has 1 aromatic heterocycles. The van der Waals surface area contributed by atoms with E-state index in [1.54, 1.807) is 11.3 Å². The molecule has 0 saturated carbocycles. The minimum Gasteiger partial charge on any atom is -0.377 e. The molecule has 0 aliphatic rings. The topological polar surface area (TPSA) is 34.1 Å². The first-order valence-corrected chi connectivity index (χ1v) is 7.51. The number of benzene rings is 1. The van der Waals surface area contributed by atoms with Gasteiger partial charge in [-0.1, -0.05) is 24.3 Å². The molecule has 1 heterocycles. The van der Waals surface area contributed by atoms with E-state index in [2.05, 4.69) is 46.9 Å². The lowest BCUT2D eigenvalue weighted by Gasteiger charge is -2.14. The summed E-state index contributed by atoms with van der Waals surface area (Å²) in [5, 5.41) is 5.59. The van der Waals surface area contributed by atoms with Gasteiger partial charge in [-0.25, -0.2) is 4.98 Å². The first-order chi connectivity index (χ1) is 9.31. The van der Waals surface area contributed by atoms with Crippen LogP contribution in [0, 0.1) is 0 Å². The summed E-state index contributed by atoms with van der Waals surface area (Å²) in [4.78, 5) is 4.33. The quantitative estimate of drug-likeness (QED) is 0.840. The van der Waals surface area contributed by atoms with Crippen molar-refractivity contribution in [2.75, 3.05) is 6.61 Å². The van der Waals surface area contributed by atoms with Crippen molar-refractivity contribution in [3.05, 3.63) is 52.0 Å². The zero-order chi connectivity index (χ0) is 13.5. The van der Waals surface area contributed by atoms with Gasteiger partial charge < -0.3 is 10.1 Å². The molecule has 0 aliphatic heterocycles. The van der Waals surface area contributed by atoms with E-state index in [1.807, 2.05) is 12.4 Å². The van der Waals surface area contributed by atoms with Gasteiger partial charge in [0.1, 0.15) is 0 Å². The molecule has 4 heteroatoms. The van der Waals surface area contributed by atoms with Crippen molar-refractivity contribution in [1.29, 1.82) is 0 Å². The Labute approximate surface area is 118 Å². The van der Waals surface area contributed by atoms with E-state index < -0.39 is 0 Å². The number of ether oxygens (including phenoxy) is 1. The van der Waals surface area contributed by atoms with Crippen LogP contribution in [0.1, 0.15) is 36.7 Å². The molecule has 1 unspecified atom stereocenters. The number of hydrogen-bond donors (Lipinski definition) is 1. The van der Waals surface area contributed by atoms with Gasteiger partial charge in [0.15, 0.2) is 0 Å². The number of hydrogen-bond acceptors (Lipinski definition) is 4. The van der Waals surface area contributed by atoms with Crippen LogP contribution in [0.15, 0.2) is 35.2 Å². The van der Waals surface area contributed by atoms with Crippen LogP contribution >= 0.6 is 11.3 Å². The Morgan fingerprint density at radius 2 is 2.11 bits per heavy atom. The van der Waals surface area contributed by atoms with Crippen molar-refractivity contribution in [3.63, 3.8) is 0 Å². The van der Waals surface area contributed by atoms with Crippen LogP contribution in [0.4, 0.5) is 0 Å². The fourth-order valence-electron chi connectivity index (χ4n) is 1.89. The normalized spacial score (nSPS) is 12.5. The molecule has 2 aromatic rings. The Hall–Kier alpha value is -1.23. The fraction of sp³-hybridized carbons (Fsp3) is 0.400. The molecule has 19 heavy (non-hydrogen) atoms. The zero-order valence-electron chi connectivity index (χ0n) is 11.4. The minimum atomic E-state index is 0.270. The first kappa shape index (κ1) is 14.2. The lowest BCUT2D eigenvalue weighted by Crippen LogP contribution is -2.19. The maximum absolute atomic E-state index is 5.50. The number of rotatable bonds is 7. The second-order valence-electron chi connectivity index (χ2n) is 4.42. The molecule has 0 spiro atoms. The molecule has 0 aliphatic carbocycles. The van der Waals surface area contributed by atoms with E-state index in [1.165, 1.54) is 11.1 Å². The van der Waals surface area contributed by atoms with Crippen molar-refractivity contribution in [1.82, 2.24) is 10.3 Å². The number of aromatic nitrogens is 1. The summed E-state index contributed by atoms with van der Waals surface area (Å²) in [6, 6.07) is 8.67. The lowest BCUT2D eigenvalue weighted by molar-refractivity contribution is 0.133. The molecule has 102 valence electrons. The van der Waals surface area contributed by atoms with Crippen molar-refractivity contribution in [2.24, 2.45) is 0 Å². The van der Waals surface area contributed by atoms with Crippen LogP contribution in [-0.2, 0) is 17.9 Å². The number of nitrogens with one attached hydrogen (secondary N) is 1. The van der Waals surface area contributed by atoms with Crippen molar-refractivity contribution < 1.29 is 4.74 Å². The van der Waals surface area contributed by atoms with E-state index in [4.69, 9.17) is 4.74 Å². The second kappa shape index (κ2) is 7.38. The van der Waals surface area contributed by atoms with Crippen LogP contribution < -0.4 is 5.32 Å². The summed E-state index contributed by atoms with van der Waals surface area (Å²) in [7, 11) is 0. The SMILES string of the molecule is CCOCc1ccccc1CNC(C)c1cscn1. The van der Waals surface area contributed by atoms with Gasteiger partial charge in [0.05, 0.1) is 17.8 Å². The predicted molar refractivity (Wildman–Crippen MR) is 79.1 cm³/mol. The monoisotopic (exact) mass is 276 g/mol. The summed E-state index contributed by atoms with van der Waals surface area (Å²) in [6.07, 6.45) is 0. The van der Waals surface area contributed by atoms with E-state index in [0.29, 0.717) is 6.61 Å². The van der Waals surface area contributed by atoms with Crippen molar-refractivity contribution in [3.8, 4) is 0 Å². The van der Waals surface area contributed by atoms with Gasteiger partial charge >= 0.3 is 0 Å². The van der Waals surface area contributed by atoms with Crippen LogP contribution in [0.2, 0.25) is 0 Å². The average Bonchev–Trinajstić information content (AvgIpc) is 2.97. The summed E-state index contributed by atoms with van der Waals surface area (Å²) >= 11 is 1.63. The highest BCUT2D eigenvalue weighted by Gasteiger charge is 2.08. The van der Waals surface area contributed by atoms with Crippen molar-refractivity contribution >= 4 is 11.3 Å². The fourth-order valence-corrected chi connectivity index (χ4v) is 2.53. The Morgan fingerprint density at radius 1 is 1.32 bits per heavy atom. The van der Waals surface area contributed by atoms with Gasteiger partial charge in [-0.2, -0.15) is 0 Å². The van der Waals surface area contributed by atoms with E-state index in [-0.39, 0.29) is 6.04 Å². The summed E-state index contributed by atoms with van der Waals surface area (Å²) in [6.45, 7) is 6.42. The molecule has 2 rings (SSSR count). The van der Waals surface area contributed by atoms with Crippen LogP contribution in [-0.4, -0.2) is 11.6 Å². The van der Waals surface area contributed by atoms with E-state index in [0.717, 1.165) is 18.8 Å². The van der Waals surface area contributed by atoms with Gasteiger partial charge in [-0.3, -0.25) is 0 Å². The average molecular weight is 276 g/mol. The molecule has 0 bridgehead atoms. The maximum Gasteiger partial charge on any atom is 0.0795 e. The molecule has 0 fully saturated rings. The molecule has 0 saturated heterocycles. The van der Waals surface area contributed by atoms with Gasteiger partial charge in [0.25, 0.3) is 0 Å². The number of thiazole rings is 1. The minimum absolute atomic E-state index is 0.270. The third kappa shape index (κ3) is 4.13. The molecular weight excluding hydrogens is 256 g/mol. The predicted octanol–water partition coefficient (Wildman–Crippen LogP) is 3.53. The molecule has 0 amide bonds. The molecular formula is C15H20N2OS. The molecule has 1 aromatic carbocycles. The van der Waals surface area contributed by atoms with Crippen molar-refractivity contribution in [2.45, 2.75) is 33.0 Å². The van der Waals surface area contributed by atoms with Gasteiger partial charge in [-0.05, 0) is 25.0 Å². The Kier molecular flexibility index (Phi) is 5.51. The van der Waals surface area contributed by atoms with Crippen LogP contribution in [0.5, 0.6) is 0 Å². The lowest BCUT2D eigenvalue weighted by atomic mass is 10.1. The standard InChI is InChI=1S/C15H20N2OS/c1-3-18-9-14-7-5-4-6-13(14)8-16-12(2)15-10-19-11-17-15/h4-7,10-12,16H,3,8-9H2,1-2H3. The maximum atomic E-state index is 5.50. The zero-order valence-corrected chi connectivity index (χ0v) is 12.2. The largest absolute Gasteiger partial charge is 0.377 e. The highest BCUT2D eigenvalue weighted by molar-refractivity contribution is 7.07. The number of nitrogens with zero attached hydrogens (tertiary/aromatic N) is 1. The molecule has 1 N–H and O–H groups in total. The highest BCUT2D eigenvalue weighted by Crippen LogP contribution is 2.15. The smallest absolute Gasteiger partial charge is 0.0795 e. The first-order valence-electron chi connectivity index (χ1n) is 6.57. The molecule has 0 radical (unpaired) electrons. The Morgan fingerprint density at radius 3 is 2.79 bits per heavy atom. The van der Waals surface area contributed by atoms with Gasteiger partial charge in [0.2, 0.25) is 0 Å². The highest BCUT2D eigenvalue weighted by atomic mass is 32.1.